The van der Waals surface area contributed by atoms with E-state index in [4.69, 9.17) is 0 Å². The van der Waals surface area contributed by atoms with Gasteiger partial charge in [0.25, 0.3) is 0 Å². The van der Waals surface area contributed by atoms with Gasteiger partial charge in [-0.15, -0.1) is 13.2 Å². The van der Waals surface area contributed by atoms with Crippen LogP contribution < -0.4 is 0 Å². The van der Waals surface area contributed by atoms with E-state index in [2.05, 4.69) is 25.2 Å². The molecule has 3 heteroatoms. The molecular weight excluding hydrogens is 239 g/mol. The Balaban J connectivity index is 0.000000741. The van der Waals surface area contributed by atoms with E-state index in [0.29, 0.717) is 5.56 Å². The van der Waals surface area contributed by atoms with Gasteiger partial charge in [-0.25, -0.2) is 4.39 Å². The maximum atomic E-state index is 13.9. The lowest BCUT2D eigenvalue weighted by atomic mass is 10.0. The summed E-state index contributed by atoms with van der Waals surface area (Å²) in [6.07, 6.45) is 3.68. The highest BCUT2D eigenvalue weighted by atomic mass is 19.1. The molecule has 0 saturated heterocycles. The molecule has 0 aliphatic heterocycles. The summed E-state index contributed by atoms with van der Waals surface area (Å²) in [5.74, 6) is -0.0944. The van der Waals surface area contributed by atoms with Crippen LogP contribution >= 0.6 is 0 Å². The zero-order valence-corrected chi connectivity index (χ0v) is 12.8. The summed E-state index contributed by atoms with van der Waals surface area (Å²) in [5, 5.41) is 5.28. The van der Waals surface area contributed by atoms with Gasteiger partial charge in [0.05, 0.1) is 5.52 Å². The minimum atomic E-state index is -0.0944. The molecule has 0 N–H and O–H groups in total. The predicted octanol–water partition coefficient (Wildman–Crippen LogP) is 4.80. The topological polar surface area (TPSA) is 17.8 Å². The van der Waals surface area contributed by atoms with Crippen LogP contribution in [0.2, 0.25) is 0 Å². The van der Waals surface area contributed by atoms with E-state index in [-0.39, 0.29) is 5.82 Å². The van der Waals surface area contributed by atoms with Gasteiger partial charge < -0.3 is 0 Å². The van der Waals surface area contributed by atoms with Crippen LogP contribution in [-0.4, -0.2) is 9.78 Å². The SMILES string of the molecule is C=C.CC.CCCc1cc2cn(C)nc2c(C)c1F. The van der Waals surface area contributed by atoms with E-state index >= 15 is 0 Å². The first-order chi connectivity index (χ1) is 9.13. The number of halogens is 1. The minimum Gasteiger partial charge on any atom is -0.275 e. The lowest BCUT2D eigenvalue weighted by Crippen LogP contribution is -1.94. The van der Waals surface area contributed by atoms with Gasteiger partial charge in [-0.1, -0.05) is 27.2 Å². The Labute approximate surface area is 115 Å². The molecule has 0 saturated carbocycles. The molecule has 0 radical (unpaired) electrons. The van der Waals surface area contributed by atoms with Crippen LogP contribution in [0.15, 0.2) is 25.4 Å². The van der Waals surface area contributed by atoms with E-state index in [0.717, 1.165) is 29.3 Å². The number of hydrogen-bond donors (Lipinski definition) is 0. The molecular formula is C16H25FN2. The fourth-order valence-electron chi connectivity index (χ4n) is 1.95. The van der Waals surface area contributed by atoms with Crippen molar-refractivity contribution in [3.8, 4) is 0 Å². The molecule has 2 nitrogen and oxygen atoms in total. The average molecular weight is 264 g/mol. The molecule has 1 aromatic carbocycles. The molecule has 0 amide bonds. The van der Waals surface area contributed by atoms with Gasteiger partial charge in [0.1, 0.15) is 5.82 Å². The third-order valence-corrected chi connectivity index (χ3v) is 2.67. The van der Waals surface area contributed by atoms with Crippen molar-refractivity contribution < 1.29 is 4.39 Å². The van der Waals surface area contributed by atoms with Crippen molar-refractivity contribution in [1.29, 1.82) is 0 Å². The summed E-state index contributed by atoms with van der Waals surface area (Å²) >= 11 is 0. The van der Waals surface area contributed by atoms with Crippen molar-refractivity contribution in [2.45, 2.75) is 40.5 Å². The molecule has 0 aliphatic carbocycles. The van der Waals surface area contributed by atoms with E-state index in [1.54, 1.807) is 11.6 Å². The van der Waals surface area contributed by atoms with E-state index < -0.39 is 0 Å². The molecule has 0 fully saturated rings. The third-order valence-electron chi connectivity index (χ3n) is 2.67. The smallest absolute Gasteiger partial charge is 0.131 e. The Bertz CT molecular complexity index is 515. The van der Waals surface area contributed by atoms with Crippen LogP contribution in [0.25, 0.3) is 10.9 Å². The van der Waals surface area contributed by atoms with Gasteiger partial charge in [-0.05, 0) is 25.0 Å². The van der Waals surface area contributed by atoms with E-state index in [9.17, 15) is 4.39 Å². The molecule has 1 heterocycles. The Morgan fingerprint density at radius 1 is 1.32 bits per heavy atom. The number of fused-ring (bicyclic) bond motifs is 1. The van der Waals surface area contributed by atoms with Crippen LogP contribution in [0.3, 0.4) is 0 Å². The lowest BCUT2D eigenvalue weighted by molar-refractivity contribution is 0.600. The molecule has 2 aromatic rings. The largest absolute Gasteiger partial charge is 0.275 e. The highest BCUT2D eigenvalue weighted by Crippen LogP contribution is 2.23. The fraction of sp³-hybridized carbons (Fsp3) is 0.438. The predicted molar refractivity (Wildman–Crippen MR) is 82.0 cm³/mol. The summed E-state index contributed by atoms with van der Waals surface area (Å²) in [6, 6.07) is 1.91. The van der Waals surface area contributed by atoms with Gasteiger partial charge >= 0.3 is 0 Å². The van der Waals surface area contributed by atoms with Crippen molar-refractivity contribution in [2.24, 2.45) is 7.05 Å². The van der Waals surface area contributed by atoms with Gasteiger partial charge in [0, 0.05) is 24.2 Å². The minimum absolute atomic E-state index is 0.0944. The Morgan fingerprint density at radius 2 is 1.89 bits per heavy atom. The van der Waals surface area contributed by atoms with Gasteiger partial charge in [-0.3, -0.25) is 4.68 Å². The molecule has 0 spiro atoms. The molecule has 1 aromatic heterocycles. The third kappa shape index (κ3) is 3.91. The Hall–Kier alpha value is -1.64. The first kappa shape index (κ1) is 17.4. The van der Waals surface area contributed by atoms with Crippen LogP contribution in [0.1, 0.15) is 38.3 Å². The maximum absolute atomic E-state index is 13.9. The van der Waals surface area contributed by atoms with E-state index in [1.807, 2.05) is 33.2 Å². The number of hydrogen-bond acceptors (Lipinski definition) is 1. The summed E-state index contributed by atoms with van der Waals surface area (Å²) in [7, 11) is 1.86. The molecule has 0 aliphatic rings. The number of benzene rings is 1. The number of aryl methyl sites for hydroxylation is 3. The normalized spacial score (nSPS) is 9.37. The molecule has 2 rings (SSSR count). The quantitative estimate of drug-likeness (QED) is 0.712. The molecule has 0 atom stereocenters. The summed E-state index contributed by atoms with van der Waals surface area (Å²) in [5.41, 5.74) is 2.24. The first-order valence-electron chi connectivity index (χ1n) is 6.74. The molecule has 0 unspecified atom stereocenters. The number of aromatic nitrogens is 2. The fourth-order valence-corrected chi connectivity index (χ4v) is 1.95. The lowest BCUT2D eigenvalue weighted by Gasteiger charge is -2.04. The second-order valence-corrected chi connectivity index (χ2v) is 3.97. The van der Waals surface area contributed by atoms with Crippen molar-refractivity contribution in [3.63, 3.8) is 0 Å². The average Bonchev–Trinajstić information content (AvgIpc) is 2.81. The summed E-state index contributed by atoms with van der Waals surface area (Å²) in [4.78, 5) is 0. The maximum Gasteiger partial charge on any atom is 0.131 e. The monoisotopic (exact) mass is 264 g/mol. The molecule has 106 valence electrons. The second-order valence-electron chi connectivity index (χ2n) is 3.97. The summed E-state index contributed by atoms with van der Waals surface area (Å²) in [6.45, 7) is 13.9. The van der Waals surface area contributed by atoms with Crippen LogP contribution in [-0.2, 0) is 13.5 Å². The van der Waals surface area contributed by atoms with Crippen LogP contribution in [0.4, 0.5) is 4.39 Å². The van der Waals surface area contributed by atoms with Gasteiger partial charge in [0.2, 0.25) is 0 Å². The second kappa shape index (κ2) is 8.46. The van der Waals surface area contributed by atoms with Crippen molar-refractivity contribution in [3.05, 3.63) is 42.4 Å². The van der Waals surface area contributed by atoms with E-state index in [1.165, 1.54) is 0 Å². The van der Waals surface area contributed by atoms with Crippen molar-refractivity contribution >= 4 is 10.9 Å². The van der Waals surface area contributed by atoms with Gasteiger partial charge in [-0.2, -0.15) is 5.10 Å². The summed E-state index contributed by atoms with van der Waals surface area (Å²) < 4.78 is 15.6. The first-order valence-corrected chi connectivity index (χ1v) is 6.74. The van der Waals surface area contributed by atoms with Crippen molar-refractivity contribution in [1.82, 2.24) is 9.78 Å². The highest BCUT2D eigenvalue weighted by Gasteiger charge is 2.11. The standard InChI is InChI=1S/C12H15FN2.C2H6.C2H4/c1-4-5-9-6-10-7-15(3)14-12(10)8(2)11(9)13;2*1-2/h6-7H,4-5H2,1-3H3;1-2H3;1-2H2. The Morgan fingerprint density at radius 3 is 2.42 bits per heavy atom. The Kier molecular flexibility index (Phi) is 7.73. The van der Waals surface area contributed by atoms with Crippen LogP contribution in [0, 0.1) is 12.7 Å². The van der Waals surface area contributed by atoms with Crippen LogP contribution in [0.5, 0.6) is 0 Å². The molecule has 19 heavy (non-hydrogen) atoms. The van der Waals surface area contributed by atoms with Crippen molar-refractivity contribution in [2.75, 3.05) is 0 Å². The number of rotatable bonds is 2. The molecule has 0 bridgehead atoms. The van der Waals surface area contributed by atoms with Gasteiger partial charge in [0.15, 0.2) is 0 Å². The zero-order chi connectivity index (χ0) is 15.0. The number of nitrogens with zero attached hydrogens (tertiary/aromatic N) is 2. The zero-order valence-electron chi connectivity index (χ0n) is 12.8. The highest BCUT2D eigenvalue weighted by molar-refractivity contribution is 5.82.